The van der Waals surface area contributed by atoms with Crippen molar-refractivity contribution in [1.29, 1.82) is 0 Å². The minimum absolute atomic E-state index is 0.0473. The highest BCUT2D eigenvalue weighted by molar-refractivity contribution is 5.82. The minimum atomic E-state index is 0.0473. The molecule has 1 N–H and O–H groups in total. The molecule has 1 saturated carbocycles. The Labute approximate surface area is 111 Å². The molecule has 1 saturated heterocycles. The monoisotopic (exact) mass is 252 g/mol. The second-order valence-electron chi connectivity index (χ2n) is 6.26. The summed E-state index contributed by atoms with van der Waals surface area (Å²) in [7, 11) is 1.92. The Morgan fingerprint density at radius 2 is 1.94 bits per heavy atom. The van der Waals surface area contributed by atoms with Gasteiger partial charge >= 0.3 is 0 Å². The fraction of sp³-hybridized carbons (Fsp3) is 0.933. The predicted octanol–water partition coefficient (Wildman–Crippen LogP) is 2.41. The Balaban J connectivity index is 1.94. The summed E-state index contributed by atoms with van der Waals surface area (Å²) >= 11 is 0. The highest BCUT2D eigenvalue weighted by atomic mass is 16.2. The van der Waals surface area contributed by atoms with Crippen LogP contribution in [-0.4, -0.2) is 37.0 Å². The third kappa shape index (κ3) is 3.47. The van der Waals surface area contributed by atoms with Crippen LogP contribution in [-0.2, 0) is 4.79 Å². The van der Waals surface area contributed by atoms with Crippen LogP contribution < -0.4 is 5.32 Å². The van der Waals surface area contributed by atoms with Gasteiger partial charge in [0.2, 0.25) is 5.91 Å². The zero-order valence-electron chi connectivity index (χ0n) is 12.0. The van der Waals surface area contributed by atoms with Crippen molar-refractivity contribution in [3.63, 3.8) is 0 Å². The molecule has 2 rings (SSSR count). The Kier molecular flexibility index (Phi) is 5.04. The first-order valence-corrected chi connectivity index (χ1v) is 7.66. The van der Waals surface area contributed by atoms with Crippen molar-refractivity contribution in [3.05, 3.63) is 0 Å². The minimum Gasteiger partial charge on any atom is -0.341 e. The number of nitrogens with one attached hydrogen (secondary N) is 1. The summed E-state index contributed by atoms with van der Waals surface area (Å²) < 4.78 is 0. The van der Waals surface area contributed by atoms with E-state index in [2.05, 4.69) is 17.1 Å². The number of likely N-dealkylation sites (tertiary alicyclic amines) is 1. The summed E-state index contributed by atoms with van der Waals surface area (Å²) in [4.78, 5) is 14.6. The number of hydrogen-bond donors (Lipinski definition) is 1. The van der Waals surface area contributed by atoms with Crippen LogP contribution in [0.15, 0.2) is 0 Å². The van der Waals surface area contributed by atoms with Gasteiger partial charge in [-0.15, -0.1) is 0 Å². The number of carbonyl (C=O) groups excluding carboxylic acids is 1. The predicted molar refractivity (Wildman–Crippen MR) is 74.4 cm³/mol. The second kappa shape index (κ2) is 6.55. The van der Waals surface area contributed by atoms with Gasteiger partial charge in [-0.3, -0.25) is 4.79 Å². The number of hydrogen-bond acceptors (Lipinski definition) is 2. The van der Waals surface area contributed by atoms with Crippen LogP contribution in [0.4, 0.5) is 0 Å². The smallest absolute Gasteiger partial charge is 0.239 e. The maximum absolute atomic E-state index is 12.5. The quantitative estimate of drug-likeness (QED) is 0.836. The van der Waals surface area contributed by atoms with E-state index in [4.69, 9.17) is 0 Å². The van der Waals surface area contributed by atoms with Crippen LogP contribution in [0.5, 0.6) is 0 Å². The molecule has 3 nitrogen and oxygen atoms in total. The zero-order valence-corrected chi connectivity index (χ0v) is 12.0. The summed E-state index contributed by atoms with van der Waals surface area (Å²) in [6.45, 7) is 4.24. The zero-order chi connectivity index (χ0) is 13.0. The molecule has 1 amide bonds. The number of amides is 1. The summed E-state index contributed by atoms with van der Waals surface area (Å²) in [5.41, 5.74) is 0. The van der Waals surface area contributed by atoms with E-state index in [0.717, 1.165) is 31.8 Å². The molecule has 104 valence electrons. The fourth-order valence-electron chi connectivity index (χ4n) is 3.43. The molecule has 1 aliphatic heterocycles. The van der Waals surface area contributed by atoms with Crippen molar-refractivity contribution in [2.45, 2.75) is 57.9 Å². The highest BCUT2D eigenvalue weighted by Crippen LogP contribution is 2.26. The van der Waals surface area contributed by atoms with E-state index >= 15 is 0 Å². The molecular formula is C15H28N2O. The van der Waals surface area contributed by atoms with Crippen LogP contribution in [0, 0.1) is 11.8 Å². The topological polar surface area (TPSA) is 32.3 Å². The van der Waals surface area contributed by atoms with E-state index in [0.29, 0.717) is 11.8 Å². The van der Waals surface area contributed by atoms with Crippen molar-refractivity contribution in [3.8, 4) is 0 Å². The van der Waals surface area contributed by atoms with Gasteiger partial charge in [0.15, 0.2) is 0 Å². The molecule has 2 fully saturated rings. The van der Waals surface area contributed by atoms with Gasteiger partial charge in [-0.1, -0.05) is 26.2 Å². The molecule has 0 aromatic rings. The number of likely N-dealkylation sites (N-methyl/N-ethyl adjacent to an activating group) is 1. The number of carbonyl (C=O) groups is 1. The molecule has 2 aliphatic rings. The van der Waals surface area contributed by atoms with Gasteiger partial charge in [0.25, 0.3) is 0 Å². The molecule has 1 heterocycles. The first-order chi connectivity index (χ1) is 8.70. The van der Waals surface area contributed by atoms with E-state index in [9.17, 15) is 4.79 Å². The van der Waals surface area contributed by atoms with Crippen LogP contribution >= 0.6 is 0 Å². The molecule has 0 aromatic heterocycles. The summed E-state index contributed by atoms with van der Waals surface area (Å²) in [6, 6.07) is 0.0473. The Bertz CT molecular complexity index is 274. The van der Waals surface area contributed by atoms with Crippen LogP contribution in [0.25, 0.3) is 0 Å². The first kappa shape index (κ1) is 13.9. The third-order valence-electron chi connectivity index (χ3n) is 4.69. The molecule has 18 heavy (non-hydrogen) atoms. The lowest BCUT2D eigenvalue weighted by molar-refractivity contribution is -0.133. The van der Waals surface area contributed by atoms with Gasteiger partial charge < -0.3 is 10.2 Å². The van der Waals surface area contributed by atoms with E-state index in [1.165, 1.54) is 32.1 Å². The molecule has 0 bridgehead atoms. The van der Waals surface area contributed by atoms with Crippen molar-refractivity contribution in [2.24, 2.45) is 11.8 Å². The standard InChI is InChI=1S/C15H28N2O/c1-12-8-9-17(15(18)14(10-12)16-2)11-13-6-4-3-5-7-13/h12-14,16H,3-11H2,1-2H3. The second-order valence-corrected chi connectivity index (χ2v) is 6.26. The summed E-state index contributed by atoms with van der Waals surface area (Å²) in [6.07, 6.45) is 8.91. The molecular weight excluding hydrogens is 224 g/mol. The normalized spacial score (nSPS) is 31.4. The molecule has 0 spiro atoms. The van der Waals surface area contributed by atoms with Gasteiger partial charge in [-0.05, 0) is 44.6 Å². The average molecular weight is 252 g/mol. The molecule has 0 radical (unpaired) electrons. The summed E-state index contributed by atoms with van der Waals surface area (Å²) in [5.74, 6) is 1.75. The Morgan fingerprint density at radius 3 is 2.61 bits per heavy atom. The van der Waals surface area contributed by atoms with Gasteiger partial charge in [-0.25, -0.2) is 0 Å². The van der Waals surface area contributed by atoms with Crippen molar-refractivity contribution in [1.82, 2.24) is 10.2 Å². The summed E-state index contributed by atoms with van der Waals surface area (Å²) in [5, 5.41) is 3.20. The molecule has 0 aromatic carbocycles. The lowest BCUT2D eigenvalue weighted by atomic mass is 9.89. The SMILES string of the molecule is CNC1CC(C)CCN(CC2CCCCC2)C1=O. The molecule has 1 aliphatic carbocycles. The fourth-order valence-corrected chi connectivity index (χ4v) is 3.43. The third-order valence-corrected chi connectivity index (χ3v) is 4.69. The largest absolute Gasteiger partial charge is 0.341 e. The van der Waals surface area contributed by atoms with E-state index in [1.807, 2.05) is 7.05 Å². The number of rotatable bonds is 3. The number of nitrogens with zero attached hydrogens (tertiary/aromatic N) is 1. The van der Waals surface area contributed by atoms with Crippen LogP contribution in [0.2, 0.25) is 0 Å². The molecule has 2 atom stereocenters. The lowest BCUT2D eigenvalue weighted by Crippen LogP contribution is -2.45. The maximum atomic E-state index is 12.5. The van der Waals surface area contributed by atoms with Crippen LogP contribution in [0.1, 0.15) is 51.9 Å². The van der Waals surface area contributed by atoms with Gasteiger partial charge in [0.05, 0.1) is 6.04 Å². The average Bonchev–Trinajstić information content (AvgIpc) is 2.53. The van der Waals surface area contributed by atoms with E-state index in [-0.39, 0.29) is 6.04 Å². The van der Waals surface area contributed by atoms with E-state index in [1.54, 1.807) is 0 Å². The van der Waals surface area contributed by atoms with Crippen molar-refractivity contribution >= 4 is 5.91 Å². The van der Waals surface area contributed by atoms with Gasteiger partial charge in [-0.2, -0.15) is 0 Å². The Morgan fingerprint density at radius 1 is 1.22 bits per heavy atom. The van der Waals surface area contributed by atoms with E-state index < -0.39 is 0 Å². The maximum Gasteiger partial charge on any atom is 0.239 e. The van der Waals surface area contributed by atoms with Crippen molar-refractivity contribution in [2.75, 3.05) is 20.1 Å². The molecule has 2 unspecified atom stereocenters. The molecule has 3 heteroatoms. The Hall–Kier alpha value is -0.570. The lowest BCUT2D eigenvalue weighted by Gasteiger charge is -2.30. The van der Waals surface area contributed by atoms with Crippen LogP contribution in [0.3, 0.4) is 0 Å². The van der Waals surface area contributed by atoms with Gasteiger partial charge in [0, 0.05) is 13.1 Å². The van der Waals surface area contributed by atoms with Crippen molar-refractivity contribution < 1.29 is 4.79 Å². The highest BCUT2D eigenvalue weighted by Gasteiger charge is 2.30. The van der Waals surface area contributed by atoms with Gasteiger partial charge in [0.1, 0.15) is 0 Å². The first-order valence-electron chi connectivity index (χ1n) is 7.66.